The summed E-state index contributed by atoms with van der Waals surface area (Å²) in [7, 11) is 5.30. The van der Waals surface area contributed by atoms with Crippen LogP contribution in [-0.2, 0) is 20.8 Å². The Morgan fingerprint density at radius 1 is 1.25 bits per heavy atom. The van der Waals surface area contributed by atoms with E-state index in [0.717, 1.165) is 17.7 Å². The number of ether oxygens (including phenoxy) is 2. The maximum absolute atomic E-state index is 12.1. The number of esters is 1. The predicted octanol–water partition coefficient (Wildman–Crippen LogP) is 2.53. The van der Waals surface area contributed by atoms with Crippen molar-refractivity contribution in [3.63, 3.8) is 0 Å². The third kappa shape index (κ3) is 7.00. The number of alkyl carbamates (subject to hydrolysis) is 1. The summed E-state index contributed by atoms with van der Waals surface area (Å²) in [5.74, 6) is -0.974. The number of carbonyl (C=O) groups is 2. The summed E-state index contributed by atoms with van der Waals surface area (Å²) in [6, 6.07) is 7.71. The van der Waals surface area contributed by atoms with E-state index in [-0.39, 0.29) is 6.54 Å². The monoisotopic (exact) mass is 336 g/mol. The highest BCUT2D eigenvalue weighted by Gasteiger charge is 2.24. The molecule has 0 fully saturated rings. The molecular formula is C18H28N2O4. The number of hydrogen-bond acceptors (Lipinski definition) is 5. The van der Waals surface area contributed by atoms with Gasteiger partial charge in [-0.15, -0.1) is 0 Å². The number of nitrogens with one attached hydrogen (secondary N) is 1. The first-order chi connectivity index (χ1) is 11.1. The van der Waals surface area contributed by atoms with E-state index < -0.39 is 23.6 Å². The summed E-state index contributed by atoms with van der Waals surface area (Å²) in [5, 5.41) is 2.64. The normalized spacial score (nSPS) is 12.6. The van der Waals surface area contributed by atoms with Crippen molar-refractivity contribution in [3.8, 4) is 0 Å². The van der Waals surface area contributed by atoms with E-state index >= 15 is 0 Å². The fourth-order valence-electron chi connectivity index (χ4n) is 2.25. The first-order valence-corrected chi connectivity index (χ1v) is 7.90. The van der Waals surface area contributed by atoms with Gasteiger partial charge >= 0.3 is 12.1 Å². The Labute approximate surface area is 144 Å². The van der Waals surface area contributed by atoms with Gasteiger partial charge in [0.1, 0.15) is 5.60 Å². The predicted molar refractivity (Wildman–Crippen MR) is 92.8 cm³/mol. The van der Waals surface area contributed by atoms with Crippen LogP contribution < -0.4 is 5.32 Å². The average molecular weight is 336 g/mol. The molecule has 0 aromatic heterocycles. The van der Waals surface area contributed by atoms with Gasteiger partial charge in [-0.05, 0) is 46.0 Å². The number of amides is 1. The van der Waals surface area contributed by atoms with Gasteiger partial charge in [0.25, 0.3) is 0 Å². The minimum atomic E-state index is -0.587. The molecule has 1 rings (SSSR count). The Bertz CT molecular complexity index is 564. The standard InChI is InChI=1S/C18H28N2O4/c1-18(2,3)24-17(22)19-11-15(16(21)23-6)14-9-7-8-13(10-14)12-20(4)5/h7-10,15H,11-12H2,1-6H3,(H,19,22). The van der Waals surface area contributed by atoms with Crippen LogP contribution in [0.4, 0.5) is 4.79 Å². The van der Waals surface area contributed by atoms with Crippen molar-refractivity contribution in [1.29, 1.82) is 0 Å². The van der Waals surface area contributed by atoms with Crippen LogP contribution in [0.3, 0.4) is 0 Å². The van der Waals surface area contributed by atoms with Gasteiger partial charge in [0.2, 0.25) is 0 Å². The minimum Gasteiger partial charge on any atom is -0.468 e. The molecule has 0 bridgehead atoms. The number of carbonyl (C=O) groups excluding carboxylic acids is 2. The summed E-state index contributed by atoms with van der Waals surface area (Å²) in [5.41, 5.74) is 1.30. The van der Waals surface area contributed by atoms with Crippen LogP contribution in [0.1, 0.15) is 37.8 Å². The number of rotatable bonds is 6. The van der Waals surface area contributed by atoms with Gasteiger partial charge in [0.15, 0.2) is 0 Å². The van der Waals surface area contributed by atoms with Crippen molar-refractivity contribution in [2.75, 3.05) is 27.7 Å². The van der Waals surface area contributed by atoms with E-state index in [2.05, 4.69) is 5.32 Å². The van der Waals surface area contributed by atoms with E-state index in [1.807, 2.05) is 43.3 Å². The van der Waals surface area contributed by atoms with Crippen molar-refractivity contribution in [2.24, 2.45) is 0 Å². The first-order valence-electron chi connectivity index (χ1n) is 7.90. The number of benzene rings is 1. The molecular weight excluding hydrogens is 308 g/mol. The number of nitrogens with zero attached hydrogens (tertiary/aromatic N) is 1. The Balaban J connectivity index is 2.86. The van der Waals surface area contributed by atoms with Gasteiger partial charge < -0.3 is 19.7 Å². The van der Waals surface area contributed by atoms with Crippen LogP contribution in [0.15, 0.2) is 24.3 Å². The first kappa shape index (κ1) is 20.0. The zero-order valence-electron chi connectivity index (χ0n) is 15.4. The molecule has 0 saturated carbocycles. The van der Waals surface area contributed by atoms with Gasteiger partial charge in [0.05, 0.1) is 13.0 Å². The second-order valence-corrected chi connectivity index (χ2v) is 6.94. The van der Waals surface area contributed by atoms with Gasteiger partial charge in [0, 0.05) is 13.1 Å². The van der Waals surface area contributed by atoms with Crippen molar-refractivity contribution >= 4 is 12.1 Å². The lowest BCUT2D eigenvalue weighted by atomic mass is 9.97. The van der Waals surface area contributed by atoms with E-state index in [1.165, 1.54) is 7.11 Å². The second-order valence-electron chi connectivity index (χ2n) is 6.94. The smallest absolute Gasteiger partial charge is 0.407 e. The molecule has 0 saturated heterocycles. The van der Waals surface area contributed by atoms with Crippen LogP contribution in [0, 0.1) is 0 Å². The molecule has 0 aliphatic heterocycles. The van der Waals surface area contributed by atoms with Crippen molar-refractivity contribution in [1.82, 2.24) is 10.2 Å². The summed E-state index contributed by atoms with van der Waals surface area (Å²) in [6.45, 7) is 6.24. The largest absolute Gasteiger partial charge is 0.468 e. The average Bonchev–Trinajstić information content (AvgIpc) is 2.45. The number of hydrogen-bond donors (Lipinski definition) is 1. The maximum atomic E-state index is 12.1. The molecule has 6 nitrogen and oxygen atoms in total. The molecule has 1 N–H and O–H groups in total. The fourth-order valence-corrected chi connectivity index (χ4v) is 2.25. The zero-order valence-corrected chi connectivity index (χ0v) is 15.4. The van der Waals surface area contributed by atoms with Crippen molar-refractivity contribution < 1.29 is 19.1 Å². The molecule has 1 unspecified atom stereocenters. The number of methoxy groups -OCH3 is 1. The quantitative estimate of drug-likeness (QED) is 0.809. The van der Waals surface area contributed by atoms with Gasteiger partial charge in [-0.1, -0.05) is 24.3 Å². The highest BCUT2D eigenvalue weighted by atomic mass is 16.6. The summed E-state index contributed by atoms with van der Waals surface area (Å²) < 4.78 is 10.1. The highest BCUT2D eigenvalue weighted by molar-refractivity contribution is 5.79. The molecule has 0 heterocycles. The molecule has 0 radical (unpaired) electrons. The van der Waals surface area contributed by atoms with Crippen LogP contribution in [0.25, 0.3) is 0 Å². The van der Waals surface area contributed by atoms with Gasteiger partial charge in [-0.2, -0.15) is 0 Å². The molecule has 1 aromatic rings. The lowest BCUT2D eigenvalue weighted by Crippen LogP contribution is -2.36. The van der Waals surface area contributed by atoms with Crippen LogP contribution in [0.2, 0.25) is 0 Å². The third-order valence-corrected chi connectivity index (χ3v) is 3.19. The van der Waals surface area contributed by atoms with Gasteiger partial charge in [-0.25, -0.2) is 4.79 Å². The Morgan fingerprint density at radius 3 is 2.46 bits per heavy atom. The topological polar surface area (TPSA) is 67.9 Å². The molecule has 1 atom stereocenters. The van der Waals surface area contributed by atoms with Crippen molar-refractivity contribution in [2.45, 2.75) is 38.8 Å². The molecule has 0 aliphatic carbocycles. The van der Waals surface area contributed by atoms with E-state index in [9.17, 15) is 9.59 Å². The molecule has 24 heavy (non-hydrogen) atoms. The maximum Gasteiger partial charge on any atom is 0.407 e. The fraction of sp³-hybridized carbons (Fsp3) is 0.556. The van der Waals surface area contributed by atoms with Crippen LogP contribution in [-0.4, -0.2) is 50.3 Å². The summed E-state index contributed by atoms with van der Waals surface area (Å²) in [6.07, 6.45) is -0.555. The Hall–Kier alpha value is -2.08. The lowest BCUT2D eigenvalue weighted by molar-refractivity contribution is -0.142. The lowest BCUT2D eigenvalue weighted by Gasteiger charge is -2.21. The van der Waals surface area contributed by atoms with E-state index in [4.69, 9.17) is 9.47 Å². The summed E-state index contributed by atoms with van der Waals surface area (Å²) in [4.78, 5) is 26.0. The minimum absolute atomic E-state index is 0.118. The zero-order chi connectivity index (χ0) is 18.3. The van der Waals surface area contributed by atoms with Gasteiger partial charge in [-0.3, -0.25) is 4.79 Å². The Kier molecular flexibility index (Phi) is 7.22. The highest BCUT2D eigenvalue weighted by Crippen LogP contribution is 2.19. The van der Waals surface area contributed by atoms with Crippen LogP contribution >= 0.6 is 0 Å². The SMILES string of the molecule is COC(=O)C(CNC(=O)OC(C)(C)C)c1cccc(CN(C)C)c1. The molecule has 1 amide bonds. The Morgan fingerprint density at radius 2 is 1.92 bits per heavy atom. The molecule has 1 aromatic carbocycles. The van der Waals surface area contributed by atoms with Crippen LogP contribution in [0.5, 0.6) is 0 Å². The van der Waals surface area contributed by atoms with Crippen molar-refractivity contribution in [3.05, 3.63) is 35.4 Å². The molecule has 6 heteroatoms. The second kappa shape index (κ2) is 8.68. The third-order valence-electron chi connectivity index (χ3n) is 3.19. The molecule has 0 spiro atoms. The van der Waals surface area contributed by atoms with E-state index in [1.54, 1.807) is 20.8 Å². The summed E-state index contributed by atoms with van der Waals surface area (Å²) >= 11 is 0. The van der Waals surface area contributed by atoms with E-state index in [0.29, 0.717) is 0 Å². The molecule has 0 aliphatic rings. The molecule has 134 valence electrons.